The van der Waals surface area contributed by atoms with Gasteiger partial charge in [-0.3, -0.25) is 9.59 Å². The fourth-order valence-electron chi connectivity index (χ4n) is 4.74. The molecule has 3 saturated heterocycles. The van der Waals surface area contributed by atoms with E-state index in [1.165, 1.54) is 16.6 Å². The highest BCUT2D eigenvalue weighted by Gasteiger charge is 2.42. The molecule has 0 aromatic carbocycles. The van der Waals surface area contributed by atoms with Crippen molar-refractivity contribution in [2.45, 2.75) is 43.3 Å². The summed E-state index contributed by atoms with van der Waals surface area (Å²) in [6.45, 7) is 2.98. The normalized spacial score (nSPS) is 25.7. The first kappa shape index (κ1) is 23.1. The van der Waals surface area contributed by atoms with E-state index in [1.807, 2.05) is 0 Å². The number of likely N-dealkylation sites (tertiary alicyclic amines) is 1. The van der Waals surface area contributed by atoms with Crippen LogP contribution >= 0.6 is 0 Å². The molecule has 0 saturated carbocycles. The molecule has 0 aliphatic carbocycles. The number of morpholine rings is 1. The first-order valence-corrected chi connectivity index (χ1v) is 12.7. The first-order valence-electron chi connectivity index (χ1n) is 11.2. The number of amides is 2. The summed E-state index contributed by atoms with van der Waals surface area (Å²) in [4.78, 5) is 33.5. The molecule has 0 bridgehead atoms. The van der Waals surface area contributed by atoms with E-state index in [-0.39, 0.29) is 42.5 Å². The summed E-state index contributed by atoms with van der Waals surface area (Å²) in [5, 5.41) is -0.0800. The van der Waals surface area contributed by atoms with Crippen molar-refractivity contribution in [3.63, 3.8) is 0 Å². The molecule has 0 unspecified atom stereocenters. The lowest BCUT2D eigenvalue weighted by molar-refractivity contribution is -0.145. The van der Waals surface area contributed by atoms with Crippen LogP contribution in [0.25, 0.3) is 0 Å². The number of nitrogens with zero attached hydrogens (tertiary/aromatic N) is 4. The molecule has 176 valence electrons. The molecule has 1 aromatic rings. The number of hydrogen-bond donors (Lipinski definition) is 1. The third kappa shape index (κ3) is 4.80. The lowest BCUT2D eigenvalue weighted by Crippen LogP contribution is -2.58. The predicted molar refractivity (Wildman–Crippen MR) is 116 cm³/mol. The van der Waals surface area contributed by atoms with Gasteiger partial charge in [0, 0.05) is 57.9 Å². The molecule has 4 heterocycles. The lowest BCUT2D eigenvalue weighted by Gasteiger charge is -2.44. The molecule has 32 heavy (non-hydrogen) atoms. The van der Waals surface area contributed by atoms with E-state index in [4.69, 9.17) is 10.5 Å². The second kappa shape index (κ2) is 9.82. The lowest BCUT2D eigenvalue weighted by atomic mass is 9.92. The third-order valence-corrected chi connectivity index (χ3v) is 8.24. The number of ether oxygens (including phenoxy) is 1. The molecular weight excluding hydrogens is 434 g/mol. The molecule has 11 heteroatoms. The highest BCUT2D eigenvalue weighted by atomic mass is 32.2. The molecule has 3 aliphatic heterocycles. The van der Waals surface area contributed by atoms with Gasteiger partial charge in [0.2, 0.25) is 11.8 Å². The van der Waals surface area contributed by atoms with Crippen molar-refractivity contribution in [3.05, 3.63) is 23.9 Å². The maximum atomic E-state index is 13.5. The molecule has 2 amide bonds. The van der Waals surface area contributed by atoms with E-state index in [0.717, 1.165) is 12.8 Å². The average Bonchev–Trinajstić information content (AvgIpc) is 2.84. The maximum absolute atomic E-state index is 13.5. The van der Waals surface area contributed by atoms with Crippen LogP contribution in [0, 0.1) is 5.92 Å². The SMILES string of the molecule is NCc1ccnc(S(=O)(=O)N2C[C@H](C(=O)N3CCOCC3)C[C@H](N3CCCCC3=O)C2)c1. The summed E-state index contributed by atoms with van der Waals surface area (Å²) in [6.07, 6.45) is 4.09. The number of carbonyl (C=O) groups is 2. The second-order valence-electron chi connectivity index (χ2n) is 8.60. The molecule has 4 rings (SSSR count). The van der Waals surface area contributed by atoms with Crippen LogP contribution in [0.1, 0.15) is 31.2 Å². The molecule has 2 atom stereocenters. The van der Waals surface area contributed by atoms with Gasteiger partial charge in [-0.15, -0.1) is 0 Å². The number of sulfonamides is 1. The van der Waals surface area contributed by atoms with Crippen LogP contribution in [0.5, 0.6) is 0 Å². The van der Waals surface area contributed by atoms with Crippen LogP contribution in [0.4, 0.5) is 0 Å². The molecule has 2 N–H and O–H groups in total. The van der Waals surface area contributed by atoms with Gasteiger partial charge in [0.1, 0.15) is 0 Å². The smallest absolute Gasteiger partial charge is 0.260 e. The maximum Gasteiger partial charge on any atom is 0.260 e. The van der Waals surface area contributed by atoms with Crippen LogP contribution in [0.3, 0.4) is 0 Å². The van der Waals surface area contributed by atoms with E-state index in [1.54, 1.807) is 15.9 Å². The van der Waals surface area contributed by atoms with E-state index >= 15 is 0 Å². The molecule has 3 fully saturated rings. The van der Waals surface area contributed by atoms with Gasteiger partial charge in [0.05, 0.1) is 19.1 Å². The second-order valence-corrected chi connectivity index (χ2v) is 10.5. The van der Waals surface area contributed by atoms with Gasteiger partial charge in [-0.05, 0) is 37.0 Å². The van der Waals surface area contributed by atoms with Gasteiger partial charge in [-0.2, -0.15) is 4.31 Å². The van der Waals surface area contributed by atoms with Crippen molar-refractivity contribution in [1.29, 1.82) is 0 Å². The van der Waals surface area contributed by atoms with Gasteiger partial charge in [-0.25, -0.2) is 13.4 Å². The van der Waals surface area contributed by atoms with Gasteiger partial charge >= 0.3 is 0 Å². The van der Waals surface area contributed by atoms with Gasteiger partial charge in [-0.1, -0.05) is 0 Å². The Balaban J connectivity index is 1.62. The van der Waals surface area contributed by atoms with Crippen LogP contribution in [-0.4, -0.2) is 91.3 Å². The van der Waals surface area contributed by atoms with Crippen LogP contribution in [0.2, 0.25) is 0 Å². The molecule has 10 nitrogen and oxygen atoms in total. The Hall–Kier alpha value is -2.08. The summed E-state index contributed by atoms with van der Waals surface area (Å²) in [6, 6.07) is 2.82. The van der Waals surface area contributed by atoms with E-state index in [0.29, 0.717) is 51.3 Å². The summed E-state index contributed by atoms with van der Waals surface area (Å²) in [7, 11) is -3.95. The van der Waals surface area contributed by atoms with E-state index in [9.17, 15) is 18.0 Å². The number of nitrogens with two attached hydrogens (primary N) is 1. The van der Waals surface area contributed by atoms with Gasteiger partial charge in [0.25, 0.3) is 10.0 Å². The zero-order valence-corrected chi connectivity index (χ0v) is 19.0. The molecule has 3 aliphatic rings. The fraction of sp³-hybridized carbons (Fsp3) is 0.667. The number of carbonyl (C=O) groups excluding carboxylic acids is 2. The first-order chi connectivity index (χ1) is 15.4. The predicted octanol–water partition coefficient (Wildman–Crippen LogP) is -0.209. The average molecular weight is 466 g/mol. The standard InChI is InChI=1S/C21H31N5O5S/c22-13-16-4-5-23-19(11-16)32(29,30)25-14-17(21(28)24-7-9-31-10-8-24)12-18(15-25)26-6-2-1-3-20(26)27/h4-5,11,17-18H,1-3,6-10,12-15,22H2/t17-,18+/m1/s1. The van der Waals surface area contributed by atoms with Crippen molar-refractivity contribution in [2.24, 2.45) is 11.7 Å². The van der Waals surface area contributed by atoms with Crippen molar-refractivity contribution < 1.29 is 22.7 Å². The number of hydrogen-bond acceptors (Lipinski definition) is 7. The van der Waals surface area contributed by atoms with Crippen LogP contribution in [-0.2, 0) is 30.9 Å². The number of rotatable bonds is 5. The summed E-state index contributed by atoms with van der Waals surface area (Å²) in [5.41, 5.74) is 6.34. The van der Waals surface area contributed by atoms with Gasteiger partial charge < -0.3 is 20.3 Å². The molecule has 1 aromatic heterocycles. The molecular formula is C21H31N5O5S. The highest BCUT2D eigenvalue weighted by molar-refractivity contribution is 7.89. The quantitative estimate of drug-likeness (QED) is 0.638. The van der Waals surface area contributed by atoms with Crippen molar-refractivity contribution in [3.8, 4) is 0 Å². The topological polar surface area (TPSA) is 126 Å². The highest BCUT2D eigenvalue weighted by Crippen LogP contribution is 2.29. The Morgan fingerprint density at radius 3 is 2.69 bits per heavy atom. The fourth-order valence-corrected chi connectivity index (χ4v) is 6.24. The Morgan fingerprint density at radius 2 is 1.97 bits per heavy atom. The van der Waals surface area contributed by atoms with Gasteiger partial charge in [0.15, 0.2) is 5.03 Å². The Bertz CT molecular complexity index is 950. The Labute approximate surface area is 188 Å². The Kier molecular flexibility index (Phi) is 7.08. The van der Waals surface area contributed by atoms with E-state index in [2.05, 4.69) is 4.98 Å². The van der Waals surface area contributed by atoms with Crippen molar-refractivity contribution in [1.82, 2.24) is 19.1 Å². The molecule has 0 radical (unpaired) electrons. The minimum absolute atomic E-state index is 0.0290. The zero-order valence-electron chi connectivity index (χ0n) is 18.2. The van der Waals surface area contributed by atoms with Crippen LogP contribution in [0.15, 0.2) is 23.4 Å². The largest absolute Gasteiger partial charge is 0.378 e. The zero-order chi connectivity index (χ0) is 22.7. The number of pyridine rings is 1. The Morgan fingerprint density at radius 1 is 1.19 bits per heavy atom. The monoisotopic (exact) mass is 465 g/mol. The summed E-state index contributed by atoms with van der Waals surface area (Å²) < 4.78 is 33.6. The van der Waals surface area contributed by atoms with Crippen LogP contribution < -0.4 is 5.73 Å². The number of aromatic nitrogens is 1. The van der Waals surface area contributed by atoms with Crippen molar-refractivity contribution >= 4 is 21.8 Å². The van der Waals surface area contributed by atoms with E-state index < -0.39 is 15.9 Å². The van der Waals surface area contributed by atoms with Crippen molar-refractivity contribution in [2.75, 3.05) is 45.9 Å². The number of piperidine rings is 2. The minimum atomic E-state index is -3.95. The molecule has 0 spiro atoms. The summed E-state index contributed by atoms with van der Waals surface area (Å²) >= 11 is 0. The third-order valence-electron chi connectivity index (χ3n) is 6.51. The summed E-state index contributed by atoms with van der Waals surface area (Å²) in [5.74, 6) is -0.568. The minimum Gasteiger partial charge on any atom is -0.378 e.